The van der Waals surface area contributed by atoms with Crippen molar-refractivity contribution in [1.82, 2.24) is 0 Å². The number of hydrogen-bond donors (Lipinski definition) is 0. The molecule has 0 spiro atoms. The van der Waals surface area contributed by atoms with Gasteiger partial charge in [0.2, 0.25) is 0 Å². The predicted octanol–water partition coefficient (Wildman–Crippen LogP) is 3.48. The van der Waals surface area contributed by atoms with Crippen LogP contribution in [0.4, 0.5) is 5.69 Å². The molecule has 1 aromatic carbocycles. The highest BCUT2D eigenvalue weighted by molar-refractivity contribution is 5.47. The lowest BCUT2D eigenvalue weighted by molar-refractivity contribution is 0.667. The Hall–Kier alpha value is -1.24. The molecular formula is C14H19N. The molecule has 15 heavy (non-hydrogen) atoms. The molecule has 1 aromatic rings. The zero-order valence-corrected chi connectivity index (χ0v) is 9.61. The van der Waals surface area contributed by atoms with Crippen LogP contribution in [-0.4, -0.2) is 13.1 Å². The van der Waals surface area contributed by atoms with Crippen molar-refractivity contribution in [3.63, 3.8) is 0 Å². The molecule has 0 saturated carbocycles. The second-order valence-corrected chi connectivity index (χ2v) is 4.47. The Morgan fingerprint density at radius 2 is 1.87 bits per heavy atom. The van der Waals surface area contributed by atoms with Gasteiger partial charge in [0.05, 0.1) is 0 Å². The molecule has 0 fully saturated rings. The van der Waals surface area contributed by atoms with Crippen molar-refractivity contribution in [2.24, 2.45) is 5.92 Å². The van der Waals surface area contributed by atoms with Crippen LogP contribution in [0, 0.1) is 5.92 Å². The van der Waals surface area contributed by atoms with Crippen LogP contribution >= 0.6 is 0 Å². The number of hydrogen-bond acceptors (Lipinski definition) is 1. The van der Waals surface area contributed by atoms with Crippen molar-refractivity contribution in [2.75, 3.05) is 18.0 Å². The summed E-state index contributed by atoms with van der Waals surface area (Å²) in [6.07, 6.45) is 3.60. The molecule has 1 nitrogen and oxygen atoms in total. The zero-order valence-electron chi connectivity index (χ0n) is 9.61. The second-order valence-electron chi connectivity index (χ2n) is 4.47. The molecule has 80 valence electrons. The van der Waals surface area contributed by atoms with E-state index in [1.54, 1.807) is 5.57 Å². The molecule has 1 aliphatic heterocycles. The van der Waals surface area contributed by atoms with Crippen LogP contribution in [0.3, 0.4) is 0 Å². The van der Waals surface area contributed by atoms with E-state index in [9.17, 15) is 0 Å². The van der Waals surface area contributed by atoms with Gasteiger partial charge in [0.1, 0.15) is 0 Å². The summed E-state index contributed by atoms with van der Waals surface area (Å²) < 4.78 is 0. The molecular weight excluding hydrogens is 182 g/mol. The topological polar surface area (TPSA) is 3.24 Å². The van der Waals surface area contributed by atoms with Crippen molar-refractivity contribution >= 4 is 5.69 Å². The molecule has 0 unspecified atom stereocenters. The summed E-state index contributed by atoms with van der Waals surface area (Å²) in [5.74, 6) is 0.711. The van der Waals surface area contributed by atoms with E-state index in [0.717, 1.165) is 13.1 Å². The van der Waals surface area contributed by atoms with Gasteiger partial charge >= 0.3 is 0 Å². The van der Waals surface area contributed by atoms with Gasteiger partial charge in [-0.25, -0.2) is 0 Å². The third-order valence-electron chi connectivity index (χ3n) is 3.11. The minimum Gasteiger partial charge on any atom is -0.367 e. The zero-order chi connectivity index (χ0) is 10.7. The summed E-state index contributed by atoms with van der Waals surface area (Å²) in [5.41, 5.74) is 2.96. The minimum atomic E-state index is 0.711. The summed E-state index contributed by atoms with van der Waals surface area (Å²) >= 11 is 0. The van der Waals surface area contributed by atoms with Crippen molar-refractivity contribution in [1.29, 1.82) is 0 Å². The lowest BCUT2D eigenvalue weighted by Gasteiger charge is -2.29. The molecule has 0 N–H and O–H groups in total. The SMILES string of the molecule is CC(C)C1=CCN(c2ccccc2)CC1. The maximum atomic E-state index is 2.44. The fourth-order valence-electron chi connectivity index (χ4n) is 2.08. The Labute approximate surface area is 92.4 Å². The van der Waals surface area contributed by atoms with Crippen molar-refractivity contribution in [2.45, 2.75) is 20.3 Å². The van der Waals surface area contributed by atoms with Gasteiger partial charge in [0.15, 0.2) is 0 Å². The van der Waals surface area contributed by atoms with Crippen LogP contribution in [0.25, 0.3) is 0 Å². The largest absolute Gasteiger partial charge is 0.367 e. The normalized spacial score (nSPS) is 16.7. The van der Waals surface area contributed by atoms with E-state index in [4.69, 9.17) is 0 Å². The molecule has 0 aliphatic carbocycles. The number of nitrogens with zero attached hydrogens (tertiary/aromatic N) is 1. The van der Waals surface area contributed by atoms with Gasteiger partial charge in [-0.05, 0) is 24.5 Å². The first-order valence-corrected chi connectivity index (χ1v) is 5.76. The highest BCUT2D eigenvalue weighted by Crippen LogP contribution is 2.22. The number of para-hydroxylation sites is 1. The van der Waals surface area contributed by atoms with Crippen molar-refractivity contribution < 1.29 is 0 Å². The van der Waals surface area contributed by atoms with E-state index in [-0.39, 0.29) is 0 Å². The summed E-state index contributed by atoms with van der Waals surface area (Å²) in [7, 11) is 0. The predicted molar refractivity (Wildman–Crippen MR) is 66.2 cm³/mol. The molecule has 0 amide bonds. The van der Waals surface area contributed by atoms with E-state index in [2.05, 4.69) is 55.2 Å². The fourth-order valence-corrected chi connectivity index (χ4v) is 2.08. The maximum absolute atomic E-state index is 2.44. The van der Waals surface area contributed by atoms with Crippen LogP contribution < -0.4 is 4.90 Å². The summed E-state index contributed by atoms with van der Waals surface area (Å²) in [5, 5.41) is 0. The number of anilines is 1. The Morgan fingerprint density at radius 3 is 2.40 bits per heavy atom. The lowest BCUT2D eigenvalue weighted by atomic mass is 9.97. The highest BCUT2D eigenvalue weighted by Gasteiger charge is 2.13. The summed E-state index contributed by atoms with van der Waals surface area (Å²) in [6.45, 7) is 6.79. The monoisotopic (exact) mass is 201 g/mol. The quantitative estimate of drug-likeness (QED) is 0.662. The molecule has 0 saturated heterocycles. The van der Waals surface area contributed by atoms with Gasteiger partial charge in [-0.1, -0.05) is 43.7 Å². The molecule has 0 radical (unpaired) electrons. The van der Waals surface area contributed by atoms with Gasteiger partial charge < -0.3 is 4.90 Å². The number of rotatable bonds is 2. The summed E-state index contributed by atoms with van der Waals surface area (Å²) in [6, 6.07) is 10.7. The van der Waals surface area contributed by atoms with Crippen molar-refractivity contribution in [3.05, 3.63) is 42.0 Å². The third-order valence-corrected chi connectivity index (χ3v) is 3.11. The van der Waals surface area contributed by atoms with E-state index in [1.165, 1.54) is 12.1 Å². The Balaban J connectivity index is 2.06. The smallest absolute Gasteiger partial charge is 0.0369 e. The summed E-state index contributed by atoms with van der Waals surface area (Å²) in [4.78, 5) is 2.44. The molecule has 0 aromatic heterocycles. The van der Waals surface area contributed by atoms with E-state index < -0.39 is 0 Å². The second kappa shape index (κ2) is 4.52. The van der Waals surface area contributed by atoms with Crippen molar-refractivity contribution in [3.8, 4) is 0 Å². The minimum absolute atomic E-state index is 0.711. The molecule has 1 heteroatoms. The third kappa shape index (κ3) is 2.41. The Bertz CT molecular complexity index is 338. The first kappa shape index (κ1) is 10.3. The van der Waals surface area contributed by atoms with Crippen LogP contribution in [0.1, 0.15) is 20.3 Å². The molecule has 0 atom stereocenters. The van der Waals surface area contributed by atoms with E-state index in [0.29, 0.717) is 5.92 Å². The number of benzene rings is 1. The average Bonchev–Trinajstić information content (AvgIpc) is 2.30. The van der Waals surface area contributed by atoms with Gasteiger partial charge in [-0.3, -0.25) is 0 Å². The van der Waals surface area contributed by atoms with Crippen LogP contribution in [0.5, 0.6) is 0 Å². The van der Waals surface area contributed by atoms with Crippen LogP contribution in [0.2, 0.25) is 0 Å². The van der Waals surface area contributed by atoms with E-state index in [1.807, 2.05) is 0 Å². The first-order valence-electron chi connectivity index (χ1n) is 5.76. The van der Waals surface area contributed by atoms with Gasteiger partial charge in [-0.2, -0.15) is 0 Å². The van der Waals surface area contributed by atoms with Crippen LogP contribution in [0.15, 0.2) is 42.0 Å². The average molecular weight is 201 g/mol. The fraction of sp³-hybridized carbons (Fsp3) is 0.429. The molecule has 0 bridgehead atoms. The molecule has 1 aliphatic rings. The van der Waals surface area contributed by atoms with Gasteiger partial charge in [-0.15, -0.1) is 0 Å². The van der Waals surface area contributed by atoms with Gasteiger partial charge in [0.25, 0.3) is 0 Å². The maximum Gasteiger partial charge on any atom is 0.0369 e. The van der Waals surface area contributed by atoms with E-state index >= 15 is 0 Å². The standard InChI is InChI=1S/C14H19N/c1-12(2)13-8-10-15(11-9-13)14-6-4-3-5-7-14/h3-8,12H,9-11H2,1-2H3. The first-order chi connectivity index (χ1) is 7.27. The lowest BCUT2D eigenvalue weighted by Crippen LogP contribution is -2.29. The van der Waals surface area contributed by atoms with Gasteiger partial charge in [0, 0.05) is 18.8 Å². The Morgan fingerprint density at radius 1 is 1.13 bits per heavy atom. The highest BCUT2D eigenvalue weighted by atomic mass is 15.1. The Kier molecular flexibility index (Phi) is 3.10. The van der Waals surface area contributed by atoms with Crippen LogP contribution in [-0.2, 0) is 0 Å². The molecule has 2 rings (SSSR count). The molecule has 1 heterocycles.